The summed E-state index contributed by atoms with van der Waals surface area (Å²) in [4.78, 5) is 13.3. The van der Waals surface area contributed by atoms with Gasteiger partial charge in [-0.25, -0.2) is 0 Å². The van der Waals surface area contributed by atoms with E-state index in [9.17, 15) is 4.79 Å². The summed E-state index contributed by atoms with van der Waals surface area (Å²) < 4.78 is 0. The molecule has 0 spiro atoms. The Hall–Kier alpha value is -0.610. The number of nitrogens with zero attached hydrogens (tertiary/aromatic N) is 1. The third-order valence-corrected chi connectivity index (χ3v) is 3.44. The molecule has 1 rings (SSSR count). The topological polar surface area (TPSA) is 72.3 Å². The highest BCUT2D eigenvalue weighted by molar-refractivity contribution is 5.79. The van der Waals surface area contributed by atoms with Gasteiger partial charge in [0.25, 0.3) is 0 Å². The van der Waals surface area contributed by atoms with Crippen LogP contribution in [0.4, 0.5) is 0 Å². The van der Waals surface area contributed by atoms with Gasteiger partial charge in [-0.1, -0.05) is 6.42 Å². The Labute approximate surface area is 92.0 Å². The minimum absolute atomic E-state index is 0.396. The normalized spacial score (nSPS) is 30.1. The van der Waals surface area contributed by atoms with Crippen molar-refractivity contribution in [1.29, 1.82) is 0 Å². The maximum atomic E-state index is 10.8. The fourth-order valence-electron chi connectivity index (χ4n) is 2.35. The van der Waals surface area contributed by atoms with E-state index in [2.05, 4.69) is 18.7 Å². The lowest BCUT2D eigenvalue weighted by atomic mass is 9.97. The highest BCUT2D eigenvalue weighted by Crippen LogP contribution is 2.22. The smallest absolute Gasteiger partial charge is 0.234 e. The Balaban J connectivity index is 2.38. The molecule has 1 saturated heterocycles. The van der Waals surface area contributed by atoms with Crippen LogP contribution in [0, 0.1) is 0 Å². The molecule has 3 atom stereocenters. The number of rotatable bonds is 4. The number of likely N-dealkylation sites (tertiary alicyclic amines) is 1. The van der Waals surface area contributed by atoms with Gasteiger partial charge in [0.05, 0.1) is 6.04 Å². The molecule has 0 bridgehead atoms. The van der Waals surface area contributed by atoms with Crippen LogP contribution in [-0.2, 0) is 4.79 Å². The van der Waals surface area contributed by atoms with Crippen LogP contribution in [0.25, 0.3) is 0 Å². The van der Waals surface area contributed by atoms with Gasteiger partial charge < -0.3 is 11.5 Å². The lowest BCUT2D eigenvalue weighted by Gasteiger charge is -2.39. The second-order valence-electron chi connectivity index (χ2n) is 4.66. The Morgan fingerprint density at radius 1 is 1.40 bits per heavy atom. The number of carbonyl (C=O) groups is 1. The first kappa shape index (κ1) is 12.5. The summed E-state index contributed by atoms with van der Waals surface area (Å²) in [5, 5.41) is 0. The Kier molecular flexibility index (Phi) is 4.54. The van der Waals surface area contributed by atoms with Crippen molar-refractivity contribution in [1.82, 2.24) is 4.90 Å². The highest BCUT2D eigenvalue weighted by Gasteiger charge is 2.25. The number of amides is 1. The van der Waals surface area contributed by atoms with Crippen LogP contribution in [0.1, 0.15) is 39.5 Å². The lowest BCUT2D eigenvalue weighted by molar-refractivity contribution is -0.119. The van der Waals surface area contributed by atoms with E-state index in [-0.39, 0.29) is 0 Å². The average molecular weight is 213 g/mol. The molecule has 0 aromatic rings. The molecule has 88 valence electrons. The van der Waals surface area contributed by atoms with Crippen LogP contribution in [0.15, 0.2) is 0 Å². The SMILES string of the molecule is CC1CCCC(C)N1CCC(N)C(N)=O. The Morgan fingerprint density at radius 2 is 1.93 bits per heavy atom. The van der Waals surface area contributed by atoms with Crippen molar-refractivity contribution in [2.75, 3.05) is 6.54 Å². The van der Waals surface area contributed by atoms with Crippen LogP contribution in [0.5, 0.6) is 0 Å². The van der Waals surface area contributed by atoms with Crippen molar-refractivity contribution in [2.45, 2.75) is 57.7 Å². The molecule has 1 heterocycles. The monoisotopic (exact) mass is 213 g/mol. The molecule has 3 unspecified atom stereocenters. The van der Waals surface area contributed by atoms with Gasteiger partial charge in [0.1, 0.15) is 0 Å². The van der Waals surface area contributed by atoms with E-state index in [1.807, 2.05) is 0 Å². The number of piperidine rings is 1. The van der Waals surface area contributed by atoms with Crippen LogP contribution in [0.3, 0.4) is 0 Å². The van der Waals surface area contributed by atoms with Crippen molar-refractivity contribution in [2.24, 2.45) is 11.5 Å². The maximum absolute atomic E-state index is 10.8. The first-order valence-corrected chi connectivity index (χ1v) is 5.83. The molecule has 1 fully saturated rings. The van der Waals surface area contributed by atoms with Crippen molar-refractivity contribution < 1.29 is 4.79 Å². The van der Waals surface area contributed by atoms with E-state index in [1.54, 1.807) is 0 Å². The van der Waals surface area contributed by atoms with Crippen LogP contribution < -0.4 is 11.5 Å². The predicted octanol–water partition coefficient (Wildman–Crippen LogP) is 0.452. The van der Waals surface area contributed by atoms with Gasteiger partial charge in [0.15, 0.2) is 0 Å². The molecule has 0 radical (unpaired) electrons. The molecule has 1 aliphatic rings. The fourth-order valence-corrected chi connectivity index (χ4v) is 2.35. The van der Waals surface area contributed by atoms with Crippen LogP contribution >= 0.6 is 0 Å². The zero-order valence-corrected chi connectivity index (χ0v) is 9.78. The van der Waals surface area contributed by atoms with Gasteiger partial charge in [-0.3, -0.25) is 9.69 Å². The van der Waals surface area contributed by atoms with E-state index >= 15 is 0 Å². The molecular formula is C11H23N3O. The largest absolute Gasteiger partial charge is 0.368 e. The molecule has 0 saturated carbocycles. The molecular weight excluding hydrogens is 190 g/mol. The summed E-state index contributed by atoms with van der Waals surface area (Å²) >= 11 is 0. The van der Waals surface area contributed by atoms with Gasteiger partial charge in [-0.05, 0) is 33.1 Å². The van der Waals surface area contributed by atoms with Crippen molar-refractivity contribution in [3.05, 3.63) is 0 Å². The fraction of sp³-hybridized carbons (Fsp3) is 0.909. The Morgan fingerprint density at radius 3 is 2.40 bits per heavy atom. The number of nitrogens with two attached hydrogens (primary N) is 2. The summed E-state index contributed by atoms with van der Waals surface area (Å²) in [6.07, 6.45) is 4.47. The molecule has 15 heavy (non-hydrogen) atoms. The predicted molar refractivity (Wildman–Crippen MR) is 61.3 cm³/mol. The zero-order valence-electron chi connectivity index (χ0n) is 9.78. The molecule has 4 nitrogen and oxygen atoms in total. The van der Waals surface area contributed by atoms with E-state index in [4.69, 9.17) is 11.5 Å². The molecule has 1 amide bonds. The standard InChI is InChI=1S/C11H23N3O/c1-8-4-3-5-9(2)14(8)7-6-10(12)11(13)15/h8-10H,3-7,12H2,1-2H3,(H2,13,15). The van der Waals surface area contributed by atoms with Crippen molar-refractivity contribution in [3.63, 3.8) is 0 Å². The molecule has 0 aromatic carbocycles. The minimum atomic E-state index is -0.494. The Bertz CT molecular complexity index is 210. The lowest BCUT2D eigenvalue weighted by Crippen LogP contribution is -2.47. The van der Waals surface area contributed by atoms with Gasteiger partial charge in [-0.15, -0.1) is 0 Å². The number of hydrogen-bond acceptors (Lipinski definition) is 3. The van der Waals surface area contributed by atoms with Gasteiger partial charge in [0, 0.05) is 18.6 Å². The van der Waals surface area contributed by atoms with Crippen LogP contribution in [-0.4, -0.2) is 35.5 Å². The summed E-state index contributed by atoms with van der Waals surface area (Å²) in [6.45, 7) is 5.36. The third-order valence-electron chi connectivity index (χ3n) is 3.44. The van der Waals surface area contributed by atoms with Crippen LogP contribution in [0.2, 0.25) is 0 Å². The van der Waals surface area contributed by atoms with Gasteiger partial charge in [-0.2, -0.15) is 0 Å². The molecule has 4 heteroatoms. The van der Waals surface area contributed by atoms with E-state index in [0.717, 1.165) is 6.54 Å². The summed E-state index contributed by atoms with van der Waals surface area (Å²) in [5.41, 5.74) is 10.8. The number of carbonyl (C=O) groups excluding carboxylic acids is 1. The van der Waals surface area contributed by atoms with E-state index in [1.165, 1.54) is 19.3 Å². The summed E-state index contributed by atoms with van der Waals surface area (Å²) in [7, 11) is 0. The van der Waals surface area contributed by atoms with E-state index < -0.39 is 11.9 Å². The molecule has 0 aliphatic carbocycles. The number of hydrogen-bond donors (Lipinski definition) is 2. The molecule has 4 N–H and O–H groups in total. The second-order valence-corrected chi connectivity index (χ2v) is 4.66. The third kappa shape index (κ3) is 3.47. The first-order valence-electron chi connectivity index (χ1n) is 5.83. The van der Waals surface area contributed by atoms with Gasteiger partial charge in [0.2, 0.25) is 5.91 Å². The maximum Gasteiger partial charge on any atom is 0.234 e. The second kappa shape index (κ2) is 5.47. The highest BCUT2D eigenvalue weighted by atomic mass is 16.1. The minimum Gasteiger partial charge on any atom is -0.368 e. The number of primary amides is 1. The first-order chi connectivity index (χ1) is 7.02. The zero-order chi connectivity index (χ0) is 11.4. The van der Waals surface area contributed by atoms with Crippen molar-refractivity contribution >= 4 is 5.91 Å². The summed E-state index contributed by atoms with van der Waals surface area (Å²) in [6, 6.07) is 0.717. The quantitative estimate of drug-likeness (QED) is 0.712. The summed E-state index contributed by atoms with van der Waals surface area (Å²) in [5.74, 6) is -0.396. The van der Waals surface area contributed by atoms with Crippen molar-refractivity contribution in [3.8, 4) is 0 Å². The van der Waals surface area contributed by atoms with E-state index in [0.29, 0.717) is 18.5 Å². The molecule has 1 aliphatic heterocycles. The molecule has 0 aromatic heterocycles. The van der Waals surface area contributed by atoms with Gasteiger partial charge >= 0.3 is 0 Å². The average Bonchev–Trinajstić information content (AvgIpc) is 2.16.